The summed E-state index contributed by atoms with van der Waals surface area (Å²) in [5, 5.41) is 0. The molecular weight excluding hydrogens is 324 g/mol. The third-order valence-electron chi connectivity index (χ3n) is 4.46. The smallest absolute Gasteiger partial charge is 0.0155 e. The first kappa shape index (κ1) is 20.2. The molecule has 0 aromatic heterocycles. The van der Waals surface area contributed by atoms with Crippen molar-refractivity contribution in [3.63, 3.8) is 0 Å². The molecule has 4 aromatic carbocycles. The van der Waals surface area contributed by atoms with Crippen molar-refractivity contribution in [1.82, 2.24) is 0 Å². The molecule has 4 aromatic rings. The minimum atomic E-state index is 0. The lowest BCUT2D eigenvalue weighted by molar-refractivity contribution is 1.46. The fourth-order valence-corrected chi connectivity index (χ4v) is 3.03. The fraction of sp³-hybridized carbons (Fsp3) is 0.111. The first-order valence-electron chi connectivity index (χ1n) is 8.98. The highest BCUT2D eigenvalue weighted by molar-refractivity contribution is 5.67. The van der Waals surface area contributed by atoms with Gasteiger partial charge in [0.15, 0.2) is 0 Å². The maximum atomic E-state index is 2.16. The predicted octanol–water partition coefficient (Wildman–Crippen LogP) is 7.96. The Balaban J connectivity index is 0.000000187. The molecule has 0 unspecified atom stereocenters. The third kappa shape index (κ3) is 5.43. The van der Waals surface area contributed by atoms with Gasteiger partial charge in [-0.3, -0.25) is 0 Å². The Morgan fingerprint density at radius 3 is 1.00 bits per heavy atom. The van der Waals surface area contributed by atoms with E-state index in [9.17, 15) is 0 Å². The van der Waals surface area contributed by atoms with E-state index in [4.69, 9.17) is 0 Å². The zero-order valence-corrected chi connectivity index (χ0v) is 15.4. The van der Waals surface area contributed by atoms with Crippen LogP contribution in [-0.2, 0) is 0 Å². The van der Waals surface area contributed by atoms with Crippen LogP contribution in [0, 0.1) is 13.8 Å². The number of hydrogen-bond donors (Lipinski definition) is 0. The van der Waals surface area contributed by atoms with Crippen LogP contribution in [0.2, 0.25) is 0 Å². The van der Waals surface area contributed by atoms with Crippen molar-refractivity contribution in [3.8, 4) is 22.3 Å². The molecular formula is C27H28. The first-order valence-corrected chi connectivity index (χ1v) is 8.98. The van der Waals surface area contributed by atoms with E-state index >= 15 is 0 Å². The molecule has 0 saturated heterocycles. The van der Waals surface area contributed by atoms with Gasteiger partial charge in [-0.25, -0.2) is 0 Å². The summed E-state index contributed by atoms with van der Waals surface area (Å²) < 4.78 is 0. The molecule has 0 N–H and O–H groups in total. The van der Waals surface area contributed by atoms with Gasteiger partial charge in [0, 0.05) is 0 Å². The van der Waals surface area contributed by atoms with Gasteiger partial charge < -0.3 is 0 Å². The van der Waals surface area contributed by atoms with Gasteiger partial charge in [0.1, 0.15) is 0 Å². The zero-order chi connectivity index (χ0) is 18.2. The second-order valence-corrected chi connectivity index (χ2v) is 6.36. The van der Waals surface area contributed by atoms with Crippen molar-refractivity contribution in [2.75, 3.05) is 0 Å². The minimum absolute atomic E-state index is 0. The van der Waals surface area contributed by atoms with Crippen LogP contribution in [0.4, 0.5) is 0 Å². The molecule has 0 atom stereocenters. The Bertz CT molecular complexity index is 857. The van der Waals surface area contributed by atoms with Crippen molar-refractivity contribution in [1.29, 1.82) is 0 Å². The van der Waals surface area contributed by atoms with E-state index in [1.165, 1.54) is 33.4 Å². The molecule has 0 saturated carbocycles. The highest BCUT2D eigenvalue weighted by Gasteiger charge is 1.98. The van der Waals surface area contributed by atoms with Gasteiger partial charge in [-0.15, -0.1) is 0 Å². The molecule has 0 radical (unpaired) electrons. The van der Waals surface area contributed by atoms with Gasteiger partial charge in [0.05, 0.1) is 0 Å². The van der Waals surface area contributed by atoms with Crippen LogP contribution < -0.4 is 0 Å². The normalized spacial score (nSPS) is 9.56. The summed E-state index contributed by atoms with van der Waals surface area (Å²) in [6.45, 7) is 4.28. The molecule has 0 spiro atoms. The van der Waals surface area contributed by atoms with Gasteiger partial charge in [0.2, 0.25) is 0 Å². The molecule has 27 heavy (non-hydrogen) atoms. The quantitative estimate of drug-likeness (QED) is 0.343. The van der Waals surface area contributed by atoms with Gasteiger partial charge in [0.25, 0.3) is 0 Å². The summed E-state index contributed by atoms with van der Waals surface area (Å²) in [4.78, 5) is 0. The van der Waals surface area contributed by atoms with Crippen molar-refractivity contribution in [3.05, 3.63) is 120 Å². The summed E-state index contributed by atoms with van der Waals surface area (Å²) in [6, 6.07) is 37.8. The van der Waals surface area contributed by atoms with E-state index in [0.29, 0.717) is 0 Å². The van der Waals surface area contributed by atoms with Gasteiger partial charge in [-0.2, -0.15) is 0 Å². The number of rotatable bonds is 2. The summed E-state index contributed by atoms with van der Waals surface area (Å²) in [6.07, 6.45) is 0. The lowest BCUT2D eigenvalue weighted by atomic mass is 10.0. The molecule has 0 heterocycles. The van der Waals surface area contributed by atoms with E-state index in [0.717, 1.165) is 0 Å². The van der Waals surface area contributed by atoms with Crippen molar-refractivity contribution < 1.29 is 0 Å². The number of hydrogen-bond acceptors (Lipinski definition) is 0. The second-order valence-electron chi connectivity index (χ2n) is 6.36. The minimum Gasteiger partial charge on any atom is -0.0776 e. The average molecular weight is 353 g/mol. The molecule has 0 aliphatic carbocycles. The van der Waals surface area contributed by atoms with E-state index in [1.54, 1.807) is 0 Å². The maximum Gasteiger partial charge on any atom is -0.0155 e. The zero-order valence-electron chi connectivity index (χ0n) is 15.4. The Labute approximate surface area is 164 Å². The van der Waals surface area contributed by atoms with Crippen LogP contribution in [-0.4, -0.2) is 0 Å². The predicted molar refractivity (Wildman–Crippen MR) is 120 cm³/mol. The molecule has 0 amide bonds. The third-order valence-corrected chi connectivity index (χ3v) is 4.46. The highest BCUT2D eigenvalue weighted by Crippen LogP contribution is 2.22. The molecule has 0 aliphatic heterocycles. The standard InChI is InChI=1S/2C13H12.CH4/c2*1-11-7-5-6-10-13(11)12-8-3-2-4-9-12;/h2*2-10H,1H3;1H4. The van der Waals surface area contributed by atoms with E-state index < -0.39 is 0 Å². The summed E-state index contributed by atoms with van der Waals surface area (Å²) in [7, 11) is 0. The first-order chi connectivity index (χ1) is 12.8. The van der Waals surface area contributed by atoms with Crippen LogP contribution in [0.3, 0.4) is 0 Å². The number of aryl methyl sites for hydroxylation is 2. The monoisotopic (exact) mass is 352 g/mol. The van der Waals surface area contributed by atoms with Crippen molar-refractivity contribution >= 4 is 0 Å². The van der Waals surface area contributed by atoms with E-state index in [1.807, 2.05) is 12.1 Å². The van der Waals surface area contributed by atoms with E-state index in [2.05, 4.69) is 111 Å². The Morgan fingerprint density at radius 1 is 0.370 bits per heavy atom. The summed E-state index contributed by atoms with van der Waals surface area (Å²) in [5.41, 5.74) is 7.88. The lowest BCUT2D eigenvalue weighted by Gasteiger charge is -2.04. The largest absolute Gasteiger partial charge is 0.0776 e. The van der Waals surface area contributed by atoms with Crippen LogP contribution >= 0.6 is 0 Å². The fourth-order valence-electron chi connectivity index (χ4n) is 3.03. The second kappa shape index (κ2) is 10.1. The van der Waals surface area contributed by atoms with Gasteiger partial charge >= 0.3 is 0 Å². The molecule has 0 heteroatoms. The summed E-state index contributed by atoms with van der Waals surface area (Å²) >= 11 is 0. The SMILES string of the molecule is C.Cc1ccccc1-c1ccccc1.Cc1ccccc1-c1ccccc1. The van der Waals surface area contributed by atoms with Crippen LogP contribution in [0.1, 0.15) is 18.6 Å². The molecule has 4 rings (SSSR count). The van der Waals surface area contributed by atoms with Crippen LogP contribution in [0.25, 0.3) is 22.3 Å². The Hall–Kier alpha value is -3.12. The molecule has 0 aliphatic rings. The molecule has 0 bridgehead atoms. The van der Waals surface area contributed by atoms with Gasteiger partial charge in [-0.05, 0) is 47.2 Å². The molecule has 136 valence electrons. The topological polar surface area (TPSA) is 0 Å². The van der Waals surface area contributed by atoms with Crippen LogP contribution in [0.5, 0.6) is 0 Å². The summed E-state index contributed by atoms with van der Waals surface area (Å²) in [5.74, 6) is 0. The van der Waals surface area contributed by atoms with Crippen LogP contribution in [0.15, 0.2) is 109 Å². The Morgan fingerprint density at radius 2 is 0.667 bits per heavy atom. The molecule has 0 fully saturated rings. The van der Waals surface area contributed by atoms with Crippen molar-refractivity contribution in [2.24, 2.45) is 0 Å². The van der Waals surface area contributed by atoms with Crippen molar-refractivity contribution in [2.45, 2.75) is 21.3 Å². The lowest BCUT2D eigenvalue weighted by Crippen LogP contribution is -1.80. The average Bonchev–Trinajstić information content (AvgIpc) is 2.71. The Kier molecular flexibility index (Phi) is 7.58. The molecule has 0 nitrogen and oxygen atoms in total. The van der Waals surface area contributed by atoms with E-state index in [-0.39, 0.29) is 7.43 Å². The maximum absolute atomic E-state index is 2.16. The highest BCUT2D eigenvalue weighted by atomic mass is 14.0. The number of benzene rings is 4. The van der Waals surface area contributed by atoms with Gasteiger partial charge in [-0.1, -0.05) is 117 Å².